The Kier molecular flexibility index (Phi) is 4.29. The fourth-order valence-electron chi connectivity index (χ4n) is 2.26. The number of hydrazine groups is 1. The fourth-order valence-corrected chi connectivity index (χ4v) is 4.09. The number of halogens is 1. The van der Waals surface area contributed by atoms with Crippen molar-refractivity contribution in [2.75, 3.05) is 11.2 Å². The summed E-state index contributed by atoms with van der Waals surface area (Å²) in [4.78, 5) is 10.2. The average Bonchev–Trinajstić information content (AvgIpc) is 3.13. The number of nitrogens with one attached hydrogen (secondary N) is 1. The third-order valence-corrected chi connectivity index (χ3v) is 5.61. The first-order chi connectivity index (χ1) is 11.0. The number of nitrogens with zero attached hydrogens (tertiary/aromatic N) is 2. The van der Waals surface area contributed by atoms with Crippen molar-refractivity contribution in [2.45, 2.75) is 20.3 Å². The molecule has 0 bridgehead atoms. The molecule has 120 valence electrons. The summed E-state index contributed by atoms with van der Waals surface area (Å²) >= 11 is 3.09. The standard InChI is InChI=1S/C15H16FN5S2/c1-3-12-19-7(2)14(23-12)11-6-22-15(20-11)8-4-9(16)13(21-18)10(17)5-8/h4-6,21H,3,17-18H2,1-2H3. The zero-order valence-corrected chi connectivity index (χ0v) is 14.3. The molecule has 0 atom stereocenters. The van der Waals surface area contributed by atoms with E-state index in [1.807, 2.05) is 12.3 Å². The van der Waals surface area contributed by atoms with Crippen molar-refractivity contribution in [2.24, 2.45) is 5.84 Å². The first-order valence-electron chi connectivity index (χ1n) is 7.01. The van der Waals surface area contributed by atoms with Crippen LogP contribution in [0.3, 0.4) is 0 Å². The van der Waals surface area contributed by atoms with Crippen molar-refractivity contribution in [3.05, 3.63) is 34.0 Å². The zero-order chi connectivity index (χ0) is 16.6. The third kappa shape index (κ3) is 2.92. The predicted molar refractivity (Wildman–Crippen MR) is 95.0 cm³/mol. The topological polar surface area (TPSA) is 89.8 Å². The second-order valence-corrected chi connectivity index (χ2v) is 6.92. The fraction of sp³-hybridized carbons (Fsp3) is 0.200. The number of nitrogen functional groups attached to an aromatic ring is 2. The smallest absolute Gasteiger partial charge is 0.150 e. The molecule has 3 aromatic rings. The highest BCUT2D eigenvalue weighted by atomic mass is 32.1. The number of hydrogen-bond donors (Lipinski definition) is 3. The van der Waals surface area contributed by atoms with Crippen LogP contribution in [0, 0.1) is 12.7 Å². The van der Waals surface area contributed by atoms with Gasteiger partial charge in [0.2, 0.25) is 0 Å². The normalized spacial score (nSPS) is 11.0. The molecular formula is C15H16FN5S2. The predicted octanol–water partition coefficient (Wildman–Crippen LogP) is 3.81. The Morgan fingerprint density at radius 3 is 2.70 bits per heavy atom. The zero-order valence-electron chi connectivity index (χ0n) is 12.7. The molecule has 0 fully saturated rings. The SMILES string of the molecule is CCc1nc(C)c(-c2csc(-c3cc(N)c(NN)c(F)c3)n2)s1. The van der Waals surface area contributed by atoms with Crippen LogP contribution in [0.2, 0.25) is 0 Å². The highest BCUT2D eigenvalue weighted by Crippen LogP contribution is 2.36. The highest BCUT2D eigenvalue weighted by Gasteiger charge is 2.15. The largest absolute Gasteiger partial charge is 0.397 e. The molecule has 23 heavy (non-hydrogen) atoms. The number of rotatable bonds is 4. The lowest BCUT2D eigenvalue weighted by molar-refractivity contribution is 0.631. The third-order valence-electron chi connectivity index (χ3n) is 3.39. The van der Waals surface area contributed by atoms with Crippen LogP contribution in [0.4, 0.5) is 15.8 Å². The molecule has 0 amide bonds. The average molecular weight is 349 g/mol. The van der Waals surface area contributed by atoms with E-state index >= 15 is 0 Å². The molecule has 3 rings (SSSR count). The van der Waals surface area contributed by atoms with Crippen molar-refractivity contribution in [3.8, 4) is 21.1 Å². The van der Waals surface area contributed by atoms with Crippen LogP contribution in [-0.2, 0) is 6.42 Å². The van der Waals surface area contributed by atoms with E-state index in [2.05, 4.69) is 22.3 Å². The van der Waals surface area contributed by atoms with Gasteiger partial charge in [0, 0.05) is 10.9 Å². The van der Waals surface area contributed by atoms with Gasteiger partial charge in [-0.05, 0) is 25.5 Å². The lowest BCUT2D eigenvalue weighted by atomic mass is 10.1. The maximum absolute atomic E-state index is 14.0. The van der Waals surface area contributed by atoms with Crippen LogP contribution < -0.4 is 17.0 Å². The van der Waals surface area contributed by atoms with Crippen molar-refractivity contribution in [1.82, 2.24) is 9.97 Å². The molecule has 8 heteroatoms. The van der Waals surface area contributed by atoms with E-state index in [-0.39, 0.29) is 11.4 Å². The molecule has 0 unspecified atom stereocenters. The van der Waals surface area contributed by atoms with Gasteiger partial charge in [0.15, 0.2) is 0 Å². The Morgan fingerprint density at radius 2 is 2.09 bits per heavy atom. The summed E-state index contributed by atoms with van der Waals surface area (Å²) in [6.45, 7) is 4.05. The molecule has 0 aliphatic rings. The van der Waals surface area contributed by atoms with Gasteiger partial charge in [0.1, 0.15) is 16.5 Å². The maximum Gasteiger partial charge on any atom is 0.150 e. The Balaban J connectivity index is 2.00. The molecule has 5 nitrogen and oxygen atoms in total. The Bertz CT molecular complexity index is 832. The van der Waals surface area contributed by atoms with E-state index in [0.717, 1.165) is 27.7 Å². The van der Waals surface area contributed by atoms with Gasteiger partial charge >= 0.3 is 0 Å². The van der Waals surface area contributed by atoms with E-state index in [0.29, 0.717) is 10.6 Å². The summed E-state index contributed by atoms with van der Waals surface area (Å²) in [6, 6.07) is 3.04. The second kappa shape index (κ2) is 6.23. The summed E-state index contributed by atoms with van der Waals surface area (Å²) in [5, 5.41) is 3.75. The molecule has 0 saturated heterocycles. The van der Waals surface area contributed by atoms with Crippen molar-refractivity contribution >= 4 is 34.0 Å². The molecule has 0 spiro atoms. The minimum Gasteiger partial charge on any atom is -0.397 e. The van der Waals surface area contributed by atoms with Crippen molar-refractivity contribution in [3.63, 3.8) is 0 Å². The summed E-state index contributed by atoms with van der Waals surface area (Å²) < 4.78 is 14.0. The monoisotopic (exact) mass is 349 g/mol. The van der Waals surface area contributed by atoms with Gasteiger partial charge in [-0.2, -0.15) is 0 Å². The van der Waals surface area contributed by atoms with Crippen LogP contribution in [0.1, 0.15) is 17.6 Å². The molecule has 2 heterocycles. The first kappa shape index (κ1) is 15.9. The molecule has 5 N–H and O–H groups in total. The summed E-state index contributed by atoms with van der Waals surface area (Å²) in [6.07, 6.45) is 0.901. The highest BCUT2D eigenvalue weighted by molar-refractivity contribution is 7.16. The van der Waals surface area contributed by atoms with Gasteiger partial charge in [0.05, 0.1) is 27.0 Å². The molecule has 0 aliphatic heterocycles. The number of nitrogens with two attached hydrogens (primary N) is 2. The molecule has 2 aromatic heterocycles. The van der Waals surface area contributed by atoms with Crippen LogP contribution in [0.5, 0.6) is 0 Å². The quantitative estimate of drug-likeness (QED) is 0.378. The van der Waals surface area contributed by atoms with Gasteiger partial charge in [-0.25, -0.2) is 14.4 Å². The van der Waals surface area contributed by atoms with Gasteiger partial charge in [0.25, 0.3) is 0 Å². The van der Waals surface area contributed by atoms with Gasteiger partial charge in [-0.1, -0.05) is 6.92 Å². The van der Waals surface area contributed by atoms with Gasteiger partial charge < -0.3 is 11.2 Å². The van der Waals surface area contributed by atoms with Crippen molar-refractivity contribution in [1.29, 1.82) is 0 Å². The number of thiazole rings is 2. The minimum absolute atomic E-state index is 0.0939. The lowest BCUT2D eigenvalue weighted by Gasteiger charge is -2.07. The van der Waals surface area contributed by atoms with E-state index in [9.17, 15) is 4.39 Å². The lowest BCUT2D eigenvalue weighted by Crippen LogP contribution is -2.11. The number of aromatic nitrogens is 2. The molecule has 0 saturated carbocycles. The van der Waals surface area contributed by atoms with Gasteiger partial charge in [-0.3, -0.25) is 5.84 Å². The summed E-state index contributed by atoms with van der Waals surface area (Å²) in [5.41, 5.74) is 10.9. The van der Waals surface area contributed by atoms with E-state index in [4.69, 9.17) is 11.6 Å². The molecule has 0 aliphatic carbocycles. The maximum atomic E-state index is 14.0. The Morgan fingerprint density at radius 1 is 1.30 bits per heavy atom. The van der Waals surface area contributed by atoms with Gasteiger partial charge in [-0.15, -0.1) is 22.7 Å². The van der Waals surface area contributed by atoms with E-state index < -0.39 is 5.82 Å². The second-order valence-electron chi connectivity index (χ2n) is 4.98. The van der Waals surface area contributed by atoms with Crippen LogP contribution in [0.25, 0.3) is 21.1 Å². The Hall–Kier alpha value is -2.03. The van der Waals surface area contributed by atoms with E-state index in [1.54, 1.807) is 17.4 Å². The number of aryl methyl sites for hydroxylation is 2. The van der Waals surface area contributed by atoms with Crippen LogP contribution in [-0.4, -0.2) is 9.97 Å². The molecular weight excluding hydrogens is 333 g/mol. The van der Waals surface area contributed by atoms with Crippen molar-refractivity contribution < 1.29 is 4.39 Å². The Labute approximate surface area is 141 Å². The van der Waals surface area contributed by atoms with E-state index in [1.165, 1.54) is 17.4 Å². The number of benzene rings is 1. The van der Waals surface area contributed by atoms with Crippen LogP contribution in [0.15, 0.2) is 17.5 Å². The first-order valence-corrected chi connectivity index (χ1v) is 8.71. The minimum atomic E-state index is -0.499. The summed E-state index contributed by atoms with van der Waals surface area (Å²) in [5.74, 6) is 4.77. The number of hydrogen-bond acceptors (Lipinski definition) is 7. The summed E-state index contributed by atoms with van der Waals surface area (Å²) in [7, 11) is 0. The molecule has 1 aromatic carbocycles. The number of anilines is 2. The molecule has 0 radical (unpaired) electrons. The van der Waals surface area contributed by atoms with Crippen LogP contribution >= 0.6 is 22.7 Å².